The molecule has 0 spiro atoms. The van der Waals surface area contributed by atoms with Gasteiger partial charge in [-0.1, -0.05) is 23.8 Å². The maximum Gasteiger partial charge on any atom is 0.341 e. The number of carbonyl (C=O) groups is 1. The van der Waals surface area contributed by atoms with Crippen molar-refractivity contribution < 1.29 is 18.7 Å². The van der Waals surface area contributed by atoms with E-state index >= 15 is 0 Å². The molecule has 3 unspecified atom stereocenters. The number of anilines is 1. The Morgan fingerprint density at radius 1 is 1.15 bits per heavy atom. The normalized spacial score (nSPS) is 22.1. The lowest BCUT2D eigenvalue weighted by Crippen LogP contribution is -2.35. The molecule has 3 N–H and O–H groups in total. The van der Waals surface area contributed by atoms with E-state index in [9.17, 15) is 23.5 Å². The monoisotopic (exact) mass is 471 g/mol. The third-order valence-corrected chi connectivity index (χ3v) is 6.98. The van der Waals surface area contributed by atoms with Crippen LogP contribution < -0.4 is 16.1 Å². The van der Waals surface area contributed by atoms with E-state index in [4.69, 9.17) is 17.3 Å². The topological polar surface area (TPSA) is 88.6 Å². The van der Waals surface area contributed by atoms with E-state index in [1.807, 2.05) is 6.08 Å². The summed E-state index contributed by atoms with van der Waals surface area (Å²) < 4.78 is 29.5. The number of allylic oxidation sites excluding steroid dienone is 1. The van der Waals surface area contributed by atoms with Gasteiger partial charge in [-0.25, -0.2) is 13.6 Å². The van der Waals surface area contributed by atoms with E-state index < -0.39 is 28.6 Å². The van der Waals surface area contributed by atoms with Gasteiger partial charge in [-0.05, 0) is 42.5 Å². The van der Waals surface area contributed by atoms with E-state index in [0.29, 0.717) is 24.2 Å². The summed E-state index contributed by atoms with van der Waals surface area (Å²) in [5.74, 6) is -2.53. The number of halogens is 3. The molecule has 3 atom stereocenters. The maximum atomic E-state index is 14.7. The van der Waals surface area contributed by atoms with Crippen molar-refractivity contribution in [3.05, 3.63) is 81.1 Å². The summed E-state index contributed by atoms with van der Waals surface area (Å²) in [4.78, 5) is 26.7. The molecule has 0 bridgehead atoms. The van der Waals surface area contributed by atoms with Crippen molar-refractivity contribution >= 4 is 34.2 Å². The number of rotatable bonds is 3. The van der Waals surface area contributed by atoms with E-state index in [-0.39, 0.29) is 33.6 Å². The molecule has 0 amide bonds. The van der Waals surface area contributed by atoms with Gasteiger partial charge in [-0.15, -0.1) is 0 Å². The van der Waals surface area contributed by atoms with Crippen LogP contribution in [0.4, 0.5) is 14.5 Å². The number of aromatic carboxylic acids is 1. The first kappa shape index (κ1) is 21.6. The molecule has 5 rings (SSSR count). The number of carboxylic acid groups (broad SMARTS) is 1. The molecule has 0 radical (unpaired) electrons. The van der Waals surface area contributed by atoms with Crippen molar-refractivity contribution in [2.75, 3.05) is 18.0 Å². The number of aromatic nitrogens is 1. The van der Waals surface area contributed by atoms with Crippen molar-refractivity contribution in [2.45, 2.75) is 12.5 Å². The molecule has 170 valence electrons. The van der Waals surface area contributed by atoms with Crippen LogP contribution in [0.15, 0.2) is 53.5 Å². The SMILES string of the molecule is NC1C=CCC2CN(c3ccc4c(=O)c(C(=O)O)cn(-c5ccc(F)cc5F)c4c3Cl)CC12. The first-order chi connectivity index (χ1) is 15.8. The third-order valence-electron chi connectivity index (χ3n) is 6.61. The molecular weight excluding hydrogens is 452 g/mol. The molecule has 3 aromatic rings. The van der Waals surface area contributed by atoms with Gasteiger partial charge in [0, 0.05) is 36.8 Å². The van der Waals surface area contributed by atoms with Crippen LogP contribution in [0.2, 0.25) is 5.02 Å². The van der Waals surface area contributed by atoms with Gasteiger partial charge in [-0.2, -0.15) is 0 Å². The fourth-order valence-corrected chi connectivity index (χ4v) is 5.34. The van der Waals surface area contributed by atoms with Crippen LogP contribution in [0.3, 0.4) is 0 Å². The quantitative estimate of drug-likeness (QED) is 0.564. The minimum absolute atomic E-state index is 0.0300. The zero-order chi connectivity index (χ0) is 23.4. The molecule has 2 aromatic carbocycles. The van der Waals surface area contributed by atoms with Gasteiger partial charge in [0.1, 0.15) is 17.2 Å². The molecule has 9 heteroatoms. The molecule has 6 nitrogen and oxygen atoms in total. The lowest BCUT2D eigenvalue weighted by atomic mass is 9.83. The highest BCUT2D eigenvalue weighted by molar-refractivity contribution is 6.38. The molecule has 2 heterocycles. The van der Waals surface area contributed by atoms with Crippen LogP contribution in [0.1, 0.15) is 16.8 Å². The summed E-state index contributed by atoms with van der Waals surface area (Å²) in [6, 6.07) is 6.05. The molecule has 0 saturated carbocycles. The van der Waals surface area contributed by atoms with Crippen LogP contribution in [-0.4, -0.2) is 34.8 Å². The van der Waals surface area contributed by atoms with Gasteiger partial charge >= 0.3 is 5.97 Å². The molecule has 1 fully saturated rings. The van der Waals surface area contributed by atoms with Crippen molar-refractivity contribution in [2.24, 2.45) is 17.6 Å². The molecule has 2 aliphatic rings. The minimum atomic E-state index is -1.46. The minimum Gasteiger partial charge on any atom is -0.477 e. The Morgan fingerprint density at radius 3 is 2.61 bits per heavy atom. The molecule has 1 aliphatic carbocycles. The number of hydrogen-bond donors (Lipinski definition) is 2. The summed E-state index contributed by atoms with van der Waals surface area (Å²) in [6.07, 6.45) is 6.03. The average Bonchev–Trinajstić information content (AvgIpc) is 3.20. The summed E-state index contributed by atoms with van der Waals surface area (Å²) in [6.45, 7) is 1.39. The van der Waals surface area contributed by atoms with Crippen LogP contribution in [-0.2, 0) is 0 Å². The van der Waals surface area contributed by atoms with E-state index in [0.717, 1.165) is 25.2 Å². The fourth-order valence-electron chi connectivity index (χ4n) is 4.96. The first-order valence-electron chi connectivity index (χ1n) is 10.5. The Balaban J connectivity index is 1.73. The van der Waals surface area contributed by atoms with Crippen molar-refractivity contribution in [1.29, 1.82) is 0 Å². The van der Waals surface area contributed by atoms with Gasteiger partial charge < -0.3 is 20.3 Å². The second-order valence-corrected chi connectivity index (χ2v) is 8.89. The maximum absolute atomic E-state index is 14.7. The highest BCUT2D eigenvalue weighted by atomic mass is 35.5. The zero-order valence-corrected chi connectivity index (χ0v) is 18.1. The summed E-state index contributed by atoms with van der Waals surface area (Å²) in [5.41, 5.74) is 5.67. The van der Waals surface area contributed by atoms with Gasteiger partial charge in [0.2, 0.25) is 5.43 Å². The number of carboxylic acids is 1. The Labute approximate surface area is 192 Å². The second-order valence-electron chi connectivity index (χ2n) is 8.51. The molecule has 1 aliphatic heterocycles. The van der Waals surface area contributed by atoms with Crippen LogP contribution >= 0.6 is 11.6 Å². The van der Waals surface area contributed by atoms with Gasteiger partial charge in [0.05, 0.1) is 21.9 Å². The Kier molecular flexibility index (Phi) is 5.22. The zero-order valence-electron chi connectivity index (χ0n) is 17.3. The number of benzene rings is 2. The highest BCUT2D eigenvalue weighted by Crippen LogP contribution is 2.40. The van der Waals surface area contributed by atoms with Crippen molar-refractivity contribution in [3.8, 4) is 5.69 Å². The number of hydrogen-bond acceptors (Lipinski definition) is 4. The standard InChI is InChI=1S/C24H20ClF2N3O3/c25-21-20(29-9-12-2-1-3-18(28)15(12)10-29)7-5-14-22(21)30(11-16(23(14)31)24(32)33)19-6-4-13(26)8-17(19)27/h1,3-8,11-12,15,18H,2,9-10,28H2,(H,32,33). The predicted octanol–water partition coefficient (Wildman–Crippen LogP) is 3.96. The van der Waals surface area contributed by atoms with E-state index in [2.05, 4.69) is 11.0 Å². The Hall–Kier alpha value is -3.23. The van der Waals surface area contributed by atoms with Gasteiger partial charge in [0.25, 0.3) is 0 Å². The fraction of sp³-hybridized carbons (Fsp3) is 0.250. The highest BCUT2D eigenvalue weighted by Gasteiger charge is 2.38. The van der Waals surface area contributed by atoms with Crippen molar-refractivity contribution in [1.82, 2.24) is 4.57 Å². The summed E-state index contributed by atoms with van der Waals surface area (Å²) in [7, 11) is 0. The van der Waals surface area contributed by atoms with Crippen LogP contribution in [0.5, 0.6) is 0 Å². The smallest absolute Gasteiger partial charge is 0.341 e. The van der Waals surface area contributed by atoms with Crippen LogP contribution in [0, 0.1) is 23.5 Å². The number of nitrogens with two attached hydrogens (primary N) is 1. The molecule has 33 heavy (non-hydrogen) atoms. The largest absolute Gasteiger partial charge is 0.477 e. The predicted molar refractivity (Wildman–Crippen MR) is 122 cm³/mol. The lowest BCUT2D eigenvalue weighted by molar-refractivity contribution is 0.0695. The summed E-state index contributed by atoms with van der Waals surface area (Å²) in [5, 5.41) is 9.74. The van der Waals surface area contributed by atoms with E-state index in [1.165, 1.54) is 16.7 Å². The Morgan fingerprint density at radius 2 is 1.91 bits per heavy atom. The van der Waals surface area contributed by atoms with Crippen LogP contribution in [0.25, 0.3) is 16.6 Å². The third kappa shape index (κ3) is 3.50. The molecule has 1 saturated heterocycles. The van der Waals surface area contributed by atoms with Gasteiger partial charge in [-0.3, -0.25) is 4.79 Å². The second kappa shape index (κ2) is 7.97. The number of fused-ring (bicyclic) bond motifs is 2. The van der Waals surface area contributed by atoms with E-state index in [1.54, 1.807) is 6.07 Å². The Bertz CT molecular complexity index is 1390. The lowest BCUT2D eigenvalue weighted by Gasteiger charge is -2.25. The number of pyridine rings is 1. The first-order valence-corrected chi connectivity index (χ1v) is 10.9. The molecule has 1 aromatic heterocycles. The van der Waals surface area contributed by atoms with Crippen molar-refractivity contribution in [3.63, 3.8) is 0 Å². The average molecular weight is 472 g/mol. The summed E-state index contributed by atoms with van der Waals surface area (Å²) >= 11 is 6.81. The number of nitrogens with zero attached hydrogens (tertiary/aromatic N) is 2. The molecular formula is C24H20ClF2N3O3. The van der Waals surface area contributed by atoms with Gasteiger partial charge in [0.15, 0.2) is 0 Å².